The number of hydrogen-bond donors (Lipinski definition) is 1. The third-order valence-corrected chi connectivity index (χ3v) is 5.73. The first-order valence-electron chi connectivity index (χ1n) is 10.5. The van der Waals surface area contributed by atoms with Crippen LogP contribution in [0.2, 0.25) is 0 Å². The molecule has 1 aromatic rings. The number of halogens is 1. The zero-order chi connectivity index (χ0) is 20.6. The number of piperidine rings is 1. The summed E-state index contributed by atoms with van der Waals surface area (Å²) < 4.78 is 11.2. The van der Waals surface area contributed by atoms with E-state index >= 15 is 0 Å². The zero-order valence-electron chi connectivity index (χ0n) is 18.3. The van der Waals surface area contributed by atoms with Gasteiger partial charge in [-0.1, -0.05) is 12.1 Å². The molecule has 2 saturated heterocycles. The van der Waals surface area contributed by atoms with Crippen molar-refractivity contribution in [3.05, 3.63) is 29.8 Å². The number of nitrogens with zero attached hydrogens (tertiary/aromatic N) is 3. The number of guanidine groups is 1. The fourth-order valence-corrected chi connectivity index (χ4v) is 3.94. The predicted octanol–water partition coefficient (Wildman–Crippen LogP) is 2.39. The predicted molar refractivity (Wildman–Crippen MR) is 130 cm³/mol. The second-order valence-electron chi connectivity index (χ2n) is 8.00. The van der Waals surface area contributed by atoms with Crippen LogP contribution >= 0.6 is 24.0 Å². The standard InChI is InChI=1S/C22H34N4O3.HI/c1-25(2)21(27)15-24-22(23-12-10-17-6-8-19(28-3)9-7-17)26-13-11-20-18(16-26)5-4-14-29-20;/h6-9,18,20H,4-5,10-16H2,1-3H3,(H,23,24);1H. The number of hydrogen-bond acceptors (Lipinski definition) is 4. The molecule has 0 radical (unpaired) electrons. The molecule has 7 nitrogen and oxygen atoms in total. The highest BCUT2D eigenvalue weighted by atomic mass is 127. The van der Waals surface area contributed by atoms with Crippen molar-refractivity contribution in [3.8, 4) is 5.75 Å². The van der Waals surface area contributed by atoms with E-state index in [-0.39, 0.29) is 36.4 Å². The molecular weight excluding hydrogens is 495 g/mol. The normalized spacial score (nSPS) is 21.3. The van der Waals surface area contributed by atoms with E-state index in [1.807, 2.05) is 12.1 Å². The minimum absolute atomic E-state index is 0. The number of likely N-dealkylation sites (N-methyl/N-ethyl adjacent to an activating group) is 1. The van der Waals surface area contributed by atoms with Gasteiger partial charge in [0.1, 0.15) is 12.3 Å². The van der Waals surface area contributed by atoms with Gasteiger partial charge in [0.2, 0.25) is 5.91 Å². The largest absolute Gasteiger partial charge is 0.497 e. The van der Waals surface area contributed by atoms with Gasteiger partial charge < -0.3 is 24.6 Å². The van der Waals surface area contributed by atoms with Gasteiger partial charge in [-0.2, -0.15) is 0 Å². The average molecular weight is 530 g/mol. The van der Waals surface area contributed by atoms with Gasteiger partial charge in [-0.25, -0.2) is 4.99 Å². The molecule has 2 heterocycles. The lowest BCUT2D eigenvalue weighted by Gasteiger charge is -2.42. The number of rotatable bonds is 6. The Morgan fingerprint density at radius 1 is 1.30 bits per heavy atom. The lowest BCUT2D eigenvalue weighted by molar-refractivity contribution is -0.127. The fraction of sp³-hybridized carbons (Fsp3) is 0.636. The molecule has 30 heavy (non-hydrogen) atoms. The lowest BCUT2D eigenvalue weighted by atomic mass is 9.88. The minimum atomic E-state index is 0. The minimum Gasteiger partial charge on any atom is -0.497 e. The van der Waals surface area contributed by atoms with Gasteiger partial charge in [0, 0.05) is 46.3 Å². The number of fused-ring (bicyclic) bond motifs is 1. The molecule has 2 unspecified atom stereocenters. The number of ether oxygens (including phenoxy) is 2. The van der Waals surface area contributed by atoms with Crippen LogP contribution in [0.15, 0.2) is 29.3 Å². The number of likely N-dealkylation sites (tertiary alicyclic amines) is 1. The summed E-state index contributed by atoms with van der Waals surface area (Å²) in [5.74, 6) is 2.26. The molecule has 3 rings (SSSR count). The summed E-state index contributed by atoms with van der Waals surface area (Å²) in [6, 6.07) is 8.12. The molecule has 1 N–H and O–H groups in total. The van der Waals surface area contributed by atoms with Crippen molar-refractivity contribution in [2.24, 2.45) is 10.9 Å². The molecule has 0 aromatic heterocycles. The number of aliphatic imine (C=N–C) groups is 1. The van der Waals surface area contributed by atoms with Crippen LogP contribution in [0.1, 0.15) is 24.8 Å². The number of benzene rings is 1. The van der Waals surface area contributed by atoms with Crippen molar-refractivity contribution in [2.75, 3.05) is 54.0 Å². The lowest BCUT2D eigenvalue weighted by Crippen LogP contribution is -2.52. The van der Waals surface area contributed by atoms with E-state index in [4.69, 9.17) is 9.47 Å². The number of nitrogens with one attached hydrogen (secondary N) is 1. The highest BCUT2D eigenvalue weighted by Gasteiger charge is 2.33. The highest BCUT2D eigenvalue weighted by molar-refractivity contribution is 14.0. The highest BCUT2D eigenvalue weighted by Crippen LogP contribution is 2.28. The summed E-state index contributed by atoms with van der Waals surface area (Å²) in [4.78, 5) is 20.6. The first kappa shape index (κ1) is 24.7. The molecular formula is C22H35IN4O3. The molecule has 168 valence electrons. The van der Waals surface area contributed by atoms with Crippen molar-refractivity contribution < 1.29 is 14.3 Å². The quantitative estimate of drug-likeness (QED) is 0.348. The second kappa shape index (κ2) is 12.3. The van der Waals surface area contributed by atoms with E-state index < -0.39 is 0 Å². The van der Waals surface area contributed by atoms with Gasteiger partial charge in [0.15, 0.2) is 5.96 Å². The average Bonchev–Trinajstić information content (AvgIpc) is 2.75. The molecule has 2 atom stereocenters. The van der Waals surface area contributed by atoms with Crippen LogP contribution in [0.25, 0.3) is 0 Å². The van der Waals surface area contributed by atoms with E-state index in [1.54, 1.807) is 26.1 Å². The van der Waals surface area contributed by atoms with Crippen LogP contribution in [0.5, 0.6) is 5.75 Å². The van der Waals surface area contributed by atoms with Gasteiger partial charge >= 0.3 is 0 Å². The zero-order valence-corrected chi connectivity index (χ0v) is 20.6. The van der Waals surface area contributed by atoms with Crippen LogP contribution in [0.3, 0.4) is 0 Å². The van der Waals surface area contributed by atoms with Crippen LogP contribution < -0.4 is 10.1 Å². The van der Waals surface area contributed by atoms with Crippen LogP contribution in [-0.4, -0.2) is 81.8 Å². The van der Waals surface area contributed by atoms with E-state index in [0.717, 1.165) is 57.2 Å². The van der Waals surface area contributed by atoms with Gasteiger partial charge in [-0.15, -0.1) is 24.0 Å². The molecule has 0 bridgehead atoms. The maximum absolute atomic E-state index is 12.1. The molecule has 2 aliphatic rings. The van der Waals surface area contributed by atoms with Crippen LogP contribution in [0.4, 0.5) is 0 Å². The Bertz CT molecular complexity index is 696. The van der Waals surface area contributed by atoms with Crippen molar-refractivity contribution >= 4 is 35.8 Å². The molecule has 0 spiro atoms. The summed E-state index contributed by atoms with van der Waals surface area (Å²) in [7, 11) is 5.20. The summed E-state index contributed by atoms with van der Waals surface area (Å²) in [5, 5.41) is 3.49. The summed E-state index contributed by atoms with van der Waals surface area (Å²) in [6.45, 7) is 3.67. The Labute approximate surface area is 197 Å². The summed E-state index contributed by atoms with van der Waals surface area (Å²) in [5.41, 5.74) is 1.24. The number of carbonyl (C=O) groups is 1. The Kier molecular flexibility index (Phi) is 10.2. The topological polar surface area (TPSA) is 66.4 Å². The third kappa shape index (κ3) is 7.01. The Morgan fingerprint density at radius 3 is 2.77 bits per heavy atom. The van der Waals surface area contributed by atoms with E-state index in [9.17, 15) is 4.79 Å². The second-order valence-corrected chi connectivity index (χ2v) is 8.00. The van der Waals surface area contributed by atoms with E-state index in [1.165, 1.54) is 12.0 Å². The molecule has 2 fully saturated rings. The number of amides is 1. The number of carbonyl (C=O) groups excluding carboxylic acids is 1. The van der Waals surface area contributed by atoms with E-state index in [0.29, 0.717) is 12.0 Å². The SMILES string of the molecule is COc1ccc(CCNC(=NCC(=O)N(C)C)N2CCC3OCCCC3C2)cc1.I. The molecule has 1 amide bonds. The Hall–Kier alpha value is -1.55. The van der Waals surface area contributed by atoms with E-state index in [2.05, 4.69) is 27.3 Å². The molecule has 1 aromatic carbocycles. The van der Waals surface area contributed by atoms with Crippen molar-refractivity contribution in [1.29, 1.82) is 0 Å². The van der Waals surface area contributed by atoms with Gasteiger partial charge in [0.25, 0.3) is 0 Å². The first-order chi connectivity index (χ1) is 14.1. The van der Waals surface area contributed by atoms with Crippen molar-refractivity contribution in [1.82, 2.24) is 15.1 Å². The van der Waals surface area contributed by atoms with Crippen LogP contribution in [0, 0.1) is 5.92 Å². The van der Waals surface area contributed by atoms with Crippen molar-refractivity contribution in [2.45, 2.75) is 31.8 Å². The van der Waals surface area contributed by atoms with Gasteiger partial charge in [-0.05, 0) is 43.4 Å². The first-order valence-corrected chi connectivity index (χ1v) is 10.5. The molecule has 0 aliphatic carbocycles. The number of methoxy groups -OCH3 is 1. The Balaban J connectivity index is 0.00000320. The van der Waals surface area contributed by atoms with Crippen LogP contribution in [-0.2, 0) is 16.0 Å². The summed E-state index contributed by atoms with van der Waals surface area (Å²) in [6.07, 6.45) is 4.62. The molecule has 2 aliphatic heterocycles. The van der Waals surface area contributed by atoms with Crippen molar-refractivity contribution in [3.63, 3.8) is 0 Å². The van der Waals surface area contributed by atoms with Gasteiger partial charge in [-0.3, -0.25) is 4.79 Å². The monoisotopic (exact) mass is 530 g/mol. The molecule has 8 heteroatoms. The smallest absolute Gasteiger partial charge is 0.243 e. The maximum atomic E-state index is 12.1. The van der Waals surface area contributed by atoms with Gasteiger partial charge in [0.05, 0.1) is 13.2 Å². The summed E-state index contributed by atoms with van der Waals surface area (Å²) >= 11 is 0. The Morgan fingerprint density at radius 2 is 2.07 bits per heavy atom. The maximum Gasteiger partial charge on any atom is 0.243 e. The fourth-order valence-electron chi connectivity index (χ4n) is 3.94. The third-order valence-electron chi connectivity index (χ3n) is 5.73. The molecule has 0 saturated carbocycles.